The number of benzene rings is 1. The molecule has 0 aliphatic rings. The molecule has 3 heteroatoms. The molecule has 0 atom stereocenters. The van der Waals surface area contributed by atoms with Gasteiger partial charge in [0.25, 0.3) is 0 Å². The van der Waals surface area contributed by atoms with Crippen LogP contribution in [-0.2, 0) is 16.2 Å². The lowest BCUT2D eigenvalue weighted by molar-refractivity contribution is -0.224. The molecule has 0 unspecified atom stereocenters. The van der Waals surface area contributed by atoms with Crippen LogP contribution in [0.15, 0.2) is 24.3 Å². The lowest BCUT2D eigenvalue weighted by Crippen LogP contribution is -2.12. The quantitative estimate of drug-likeness (QED) is 0.585. The van der Waals surface area contributed by atoms with Gasteiger partial charge in [-0.05, 0) is 29.5 Å². The minimum Gasteiger partial charge on any atom is -0.292 e. The van der Waals surface area contributed by atoms with E-state index in [9.17, 15) is 4.79 Å². The Bertz CT molecular complexity index is 374. The molecule has 0 aromatic heterocycles. The van der Waals surface area contributed by atoms with E-state index in [1.54, 1.807) is 12.1 Å². The van der Waals surface area contributed by atoms with Crippen LogP contribution >= 0.6 is 0 Å². The molecule has 0 aliphatic carbocycles. The number of aryl methyl sites for hydroxylation is 1. The first-order chi connectivity index (χ1) is 8.42. The van der Waals surface area contributed by atoms with Crippen molar-refractivity contribution in [1.29, 1.82) is 0 Å². The first-order valence-corrected chi connectivity index (χ1v) is 6.23. The molecule has 0 fully saturated rings. The van der Waals surface area contributed by atoms with Crippen LogP contribution in [0.3, 0.4) is 0 Å². The van der Waals surface area contributed by atoms with Crippen LogP contribution in [0.4, 0.5) is 0 Å². The lowest BCUT2D eigenvalue weighted by atomic mass is 9.99. The molecule has 1 aromatic rings. The zero-order valence-electron chi connectivity index (χ0n) is 11.5. The number of hydrogen-bond acceptors (Lipinski definition) is 3. The third-order valence-corrected chi connectivity index (χ3v) is 2.25. The van der Waals surface area contributed by atoms with Gasteiger partial charge in [0, 0.05) is 0 Å². The summed E-state index contributed by atoms with van der Waals surface area (Å²) in [7, 11) is 0. The first kappa shape index (κ1) is 14.7. The Balaban J connectivity index is 2.46. The predicted molar refractivity (Wildman–Crippen MR) is 70.7 cm³/mol. The maximum atomic E-state index is 11.6. The Morgan fingerprint density at radius 2 is 1.83 bits per heavy atom. The van der Waals surface area contributed by atoms with Crippen LogP contribution < -0.4 is 0 Å². The van der Waals surface area contributed by atoms with Crippen molar-refractivity contribution in [2.45, 2.75) is 40.5 Å². The molecular formula is C15H21O3. The fraction of sp³-hybridized carbons (Fsp3) is 0.467. The summed E-state index contributed by atoms with van der Waals surface area (Å²) in [6, 6.07) is 7.39. The van der Waals surface area contributed by atoms with Gasteiger partial charge in [0.15, 0.2) is 0 Å². The third kappa shape index (κ3) is 5.32. The highest BCUT2D eigenvalue weighted by atomic mass is 17.2. The van der Waals surface area contributed by atoms with Gasteiger partial charge in [-0.1, -0.05) is 46.2 Å². The fourth-order valence-electron chi connectivity index (χ4n) is 1.36. The molecule has 99 valence electrons. The predicted octanol–water partition coefficient (Wildman–Crippen LogP) is 3.94. The van der Waals surface area contributed by atoms with Gasteiger partial charge in [0.2, 0.25) is 0 Å². The van der Waals surface area contributed by atoms with E-state index in [0.29, 0.717) is 5.56 Å². The van der Waals surface area contributed by atoms with Crippen molar-refractivity contribution in [2.75, 3.05) is 0 Å². The molecule has 1 rings (SSSR count). The zero-order chi connectivity index (χ0) is 13.6. The second-order valence-corrected chi connectivity index (χ2v) is 5.40. The van der Waals surface area contributed by atoms with E-state index < -0.39 is 5.97 Å². The van der Waals surface area contributed by atoms with E-state index in [1.165, 1.54) is 12.2 Å². The highest BCUT2D eigenvalue weighted by molar-refractivity contribution is 5.88. The summed E-state index contributed by atoms with van der Waals surface area (Å²) in [5, 5.41) is 0. The van der Waals surface area contributed by atoms with Crippen LogP contribution in [0, 0.1) is 12.0 Å². The van der Waals surface area contributed by atoms with E-state index in [-0.39, 0.29) is 5.41 Å². The molecule has 0 saturated heterocycles. The Morgan fingerprint density at radius 1 is 1.22 bits per heavy atom. The van der Waals surface area contributed by atoms with Crippen molar-refractivity contribution in [1.82, 2.24) is 0 Å². The monoisotopic (exact) mass is 249 g/mol. The fourth-order valence-corrected chi connectivity index (χ4v) is 1.36. The summed E-state index contributed by atoms with van der Waals surface area (Å²) in [5.74, 6) is -0.474. The minimum absolute atomic E-state index is 0.148. The second kappa shape index (κ2) is 6.55. The number of carbonyl (C=O) groups is 1. The Morgan fingerprint density at radius 3 is 2.33 bits per heavy atom. The van der Waals surface area contributed by atoms with Gasteiger partial charge in [0.1, 0.15) is 6.61 Å². The lowest BCUT2D eigenvalue weighted by Gasteiger charge is -2.15. The maximum Gasteiger partial charge on any atom is 0.373 e. The van der Waals surface area contributed by atoms with E-state index in [0.717, 1.165) is 12.8 Å². The van der Waals surface area contributed by atoms with Crippen molar-refractivity contribution < 1.29 is 14.6 Å². The molecule has 0 heterocycles. The highest BCUT2D eigenvalue weighted by Gasteiger charge is 2.14. The van der Waals surface area contributed by atoms with Gasteiger partial charge in [-0.3, -0.25) is 4.89 Å². The number of rotatable bonds is 5. The Labute approximate surface area is 109 Å². The van der Waals surface area contributed by atoms with Crippen LogP contribution in [0.5, 0.6) is 0 Å². The van der Waals surface area contributed by atoms with Gasteiger partial charge in [-0.2, -0.15) is 4.89 Å². The summed E-state index contributed by atoms with van der Waals surface area (Å²) in [6.45, 7) is 9.50. The standard InChI is InChI=1S/C15H21O3/c1-5-6-12-7-9-13(10-8-12)14(16)18-17-11-15(2,3)4/h7-11H,5-6H2,1-4H3. The summed E-state index contributed by atoms with van der Waals surface area (Å²) < 4.78 is 0. The third-order valence-electron chi connectivity index (χ3n) is 2.25. The van der Waals surface area contributed by atoms with E-state index in [1.807, 2.05) is 32.9 Å². The van der Waals surface area contributed by atoms with Crippen LogP contribution in [0.1, 0.15) is 50.0 Å². The molecule has 18 heavy (non-hydrogen) atoms. The highest BCUT2D eigenvalue weighted by Crippen LogP contribution is 2.18. The maximum absolute atomic E-state index is 11.6. The molecule has 0 N–H and O–H groups in total. The van der Waals surface area contributed by atoms with Crippen molar-refractivity contribution in [3.05, 3.63) is 42.0 Å². The molecule has 0 spiro atoms. The summed E-state index contributed by atoms with van der Waals surface area (Å²) in [5.41, 5.74) is 1.57. The summed E-state index contributed by atoms with van der Waals surface area (Å²) >= 11 is 0. The Hall–Kier alpha value is -1.35. The van der Waals surface area contributed by atoms with Crippen LogP contribution in [0.2, 0.25) is 0 Å². The van der Waals surface area contributed by atoms with Crippen LogP contribution in [-0.4, -0.2) is 5.97 Å². The smallest absolute Gasteiger partial charge is 0.292 e. The largest absolute Gasteiger partial charge is 0.373 e. The number of carbonyl (C=O) groups excluding carboxylic acids is 1. The Kier molecular flexibility index (Phi) is 5.35. The topological polar surface area (TPSA) is 35.5 Å². The molecule has 0 amide bonds. The van der Waals surface area contributed by atoms with Crippen molar-refractivity contribution in [3.8, 4) is 0 Å². The van der Waals surface area contributed by atoms with Crippen LogP contribution in [0.25, 0.3) is 0 Å². The zero-order valence-corrected chi connectivity index (χ0v) is 11.5. The molecule has 0 saturated carbocycles. The van der Waals surface area contributed by atoms with Gasteiger partial charge >= 0.3 is 5.97 Å². The van der Waals surface area contributed by atoms with E-state index in [4.69, 9.17) is 9.78 Å². The SMILES string of the molecule is CCCc1ccc(C(=O)OO[CH]C(C)(C)C)cc1. The van der Waals surface area contributed by atoms with Gasteiger partial charge < -0.3 is 0 Å². The molecule has 0 aliphatic heterocycles. The molecular weight excluding hydrogens is 228 g/mol. The second-order valence-electron chi connectivity index (χ2n) is 5.40. The van der Waals surface area contributed by atoms with E-state index in [2.05, 4.69) is 6.92 Å². The minimum atomic E-state index is -0.474. The molecule has 1 radical (unpaired) electrons. The molecule has 3 nitrogen and oxygen atoms in total. The van der Waals surface area contributed by atoms with E-state index >= 15 is 0 Å². The first-order valence-electron chi connectivity index (χ1n) is 6.23. The molecule has 1 aromatic carbocycles. The van der Waals surface area contributed by atoms with Crippen molar-refractivity contribution in [2.24, 2.45) is 5.41 Å². The van der Waals surface area contributed by atoms with Gasteiger partial charge in [-0.15, -0.1) is 0 Å². The van der Waals surface area contributed by atoms with Gasteiger partial charge in [0.05, 0.1) is 5.56 Å². The average Bonchev–Trinajstić information content (AvgIpc) is 2.28. The normalized spacial score (nSPS) is 11.3. The summed E-state index contributed by atoms with van der Waals surface area (Å²) in [4.78, 5) is 21.2. The summed E-state index contributed by atoms with van der Waals surface area (Å²) in [6.07, 6.45) is 2.11. The van der Waals surface area contributed by atoms with Crippen molar-refractivity contribution in [3.63, 3.8) is 0 Å². The molecule has 0 bridgehead atoms. The van der Waals surface area contributed by atoms with Gasteiger partial charge in [-0.25, -0.2) is 4.79 Å². The number of hydrogen-bond donors (Lipinski definition) is 0. The van der Waals surface area contributed by atoms with Crippen molar-refractivity contribution >= 4 is 5.97 Å². The average molecular weight is 249 g/mol.